The predicted octanol–water partition coefficient (Wildman–Crippen LogP) is 4.22. The summed E-state index contributed by atoms with van der Waals surface area (Å²) >= 11 is 9.18. The van der Waals surface area contributed by atoms with Crippen LogP contribution in [-0.2, 0) is 19.6 Å². The first-order valence-corrected chi connectivity index (χ1v) is 11.5. The lowest BCUT2D eigenvalue weighted by Crippen LogP contribution is -2.54. The number of amides is 2. The molecule has 29 heavy (non-hydrogen) atoms. The Morgan fingerprint density at radius 1 is 1.03 bits per heavy atom. The van der Waals surface area contributed by atoms with Crippen LogP contribution < -0.4 is 4.90 Å². The molecule has 3 rings (SSSR count). The van der Waals surface area contributed by atoms with Gasteiger partial charge in [-0.25, -0.2) is 13.3 Å². The van der Waals surface area contributed by atoms with Crippen LogP contribution in [0.5, 0.6) is 0 Å². The third kappa shape index (κ3) is 4.26. The highest BCUT2D eigenvalue weighted by molar-refractivity contribution is 9.10. The second-order valence-electron chi connectivity index (χ2n) is 7.69. The Hall–Kier alpha value is -1.74. The van der Waals surface area contributed by atoms with E-state index >= 15 is 0 Å². The number of hydrogen-bond donors (Lipinski definition) is 0. The molecule has 0 bridgehead atoms. The smallest absolute Gasteiger partial charge is 0.252 e. The molecule has 0 N–H and O–H groups in total. The number of nitrogens with zero attached hydrogens (tertiary/aromatic N) is 2. The lowest BCUT2D eigenvalue weighted by molar-refractivity contribution is -0.122. The number of imide groups is 1. The van der Waals surface area contributed by atoms with Gasteiger partial charge >= 0.3 is 0 Å². The fourth-order valence-corrected chi connectivity index (χ4v) is 5.69. The fourth-order valence-electron chi connectivity index (χ4n) is 3.38. The van der Waals surface area contributed by atoms with Crippen LogP contribution in [0.15, 0.2) is 57.9 Å². The molecule has 1 aliphatic heterocycles. The summed E-state index contributed by atoms with van der Waals surface area (Å²) in [6.07, 6.45) is -0.228. The molecular formula is C20H20BrClN2O4S. The zero-order valence-electron chi connectivity index (χ0n) is 16.1. The van der Waals surface area contributed by atoms with E-state index in [1.807, 2.05) is 0 Å². The SMILES string of the molecule is CC(C)(C)N(C1CC(=O)N(c2ccc(Cl)cc2)C1=O)S(=O)(=O)c1ccc(Br)cc1. The van der Waals surface area contributed by atoms with E-state index in [0.717, 1.165) is 13.7 Å². The van der Waals surface area contributed by atoms with E-state index in [1.54, 1.807) is 57.2 Å². The van der Waals surface area contributed by atoms with Crippen LogP contribution in [0.4, 0.5) is 5.69 Å². The first-order valence-electron chi connectivity index (χ1n) is 8.85. The standard InChI is InChI=1S/C20H20BrClN2O4S/c1-20(2,3)24(29(27,28)16-10-4-13(21)5-11-16)17-12-18(25)23(19(17)26)15-8-6-14(22)7-9-15/h4-11,17H,12H2,1-3H3. The molecule has 1 aliphatic rings. The van der Waals surface area contributed by atoms with Crippen molar-refractivity contribution in [2.45, 2.75) is 43.7 Å². The minimum atomic E-state index is -4.04. The van der Waals surface area contributed by atoms with Gasteiger partial charge in [0.2, 0.25) is 15.9 Å². The van der Waals surface area contributed by atoms with E-state index in [-0.39, 0.29) is 11.3 Å². The molecule has 2 aromatic carbocycles. The maximum absolute atomic E-state index is 13.4. The number of anilines is 1. The van der Waals surface area contributed by atoms with Gasteiger partial charge < -0.3 is 0 Å². The maximum atomic E-state index is 13.4. The number of hydrogen-bond acceptors (Lipinski definition) is 4. The Bertz CT molecular complexity index is 1050. The lowest BCUT2D eigenvalue weighted by Gasteiger charge is -2.37. The average molecular weight is 500 g/mol. The molecule has 6 nitrogen and oxygen atoms in total. The van der Waals surface area contributed by atoms with Gasteiger partial charge in [-0.2, -0.15) is 4.31 Å². The number of carbonyl (C=O) groups is 2. The first-order chi connectivity index (χ1) is 13.4. The lowest BCUT2D eigenvalue weighted by atomic mass is 10.1. The van der Waals surface area contributed by atoms with Crippen molar-refractivity contribution in [3.8, 4) is 0 Å². The highest BCUT2D eigenvalue weighted by Crippen LogP contribution is 2.34. The molecule has 0 aliphatic carbocycles. The molecule has 0 aromatic heterocycles. The van der Waals surface area contributed by atoms with Gasteiger partial charge in [-0.05, 0) is 69.3 Å². The van der Waals surface area contributed by atoms with Gasteiger partial charge in [-0.15, -0.1) is 0 Å². The van der Waals surface area contributed by atoms with Crippen LogP contribution in [0, 0.1) is 0 Å². The molecule has 2 aromatic rings. The average Bonchev–Trinajstić information content (AvgIpc) is 2.89. The van der Waals surface area contributed by atoms with Crippen LogP contribution in [-0.4, -0.2) is 36.1 Å². The summed E-state index contributed by atoms with van der Waals surface area (Å²) < 4.78 is 28.7. The van der Waals surface area contributed by atoms with Crippen LogP contribution in [0.25, 0.3) is 0 Å². The van der Waals surface area contributed by atoms with E-state index in [9.17, 15) is 18.0 Å². The van der Waals surface area contributed by atoms with E-state index in [1.165, 1.54) is 12.1 Å². The minimum Gasteiger partial charge on any atom is -0.274 e. The maximum Gasteiger partial charge on any atom is 0.252 e. The normalized spacial score (nSPS) is 18.0. The monoisotopic (exact) mass is 498 g/mol. The number of carbonyl (C=O) groups excluding carboxylic acids is 2. The minimum absolute atomic E-state index is 0.0563. The fraction of sp³-hybridized carbons (Fsp3) is 0.300. The van der Waals surface area contributed by atoms with Crippen LogP contribution in [0.2, 0.25) is 5.02 Å². The number of sulfonamides is 1. The Labute approximate surface area is 183 Å². The van der Waals surface area contributed by atoms with E-state index in [4.69, 9.17) is 11.6 Å². The molecule has 1 unspecified atom stereocenters. The van der Waals surface area contributed by atoms with E-state index in [2.05, 4.69) is 15.9 Å². The molecule has 9 heteroatoms. The van der Waals surface area contributed by atoms with Crippen molar-refractivity contribution in [3.05, 3.63) is 58.0 Å². The van der Waals surface area contributed by atoms with Gasteiger partial charge in [-0.1, -0.05) is 27.5 Å². The van der Waals surface area contributed by atoms with Gasteiger partial charge in [-0.3, -0.25) is 9.59 Å². The van der Waals surface area contributed by atoms with E-state index < -0.39 is 33.4 Å². The molecular weight excluding hydrogens is 480 g/mol. The summed E-state index contributed by atoms with van der Waals surface area (Å²) in [6, 6.07) is 11.3. The third-order valence-corrected chi connectivity index (χ3v) is 7.49. The van der Waals surface area contributed by atoms with Crippen molar-refractivity contribution in [1.82, 2.24) is 4.31 Å². The summed E-state index contributed by atoms with van der Waals surface area (Å²) in [4.78, 5) is 26.9. The molecule has 1 saturated heterocycles. The van der Waals surface area contributed by atoms with Gasteiger partial charge in [0.15, 0.2) is 0 Å². The number of halogens is 2. The molecule has 1 fully saturated rings. The van der Waals surface area contributed by atoms with Crippen molar-refractivity contribution >= 4 is 55.1 Å². The largest absolute Gasteiger partial charge is 0.274 e. The Balaban J connectivity index is 2.04. The van der Waals surface area contributed by atoms with Crippen molar-refractivity contribution < 1.29 is 18.0 Å². The molecule has 2 amide bonds. The highest BCUT2D eigenvalue weighted by atomic mass is 79.9. The predicted molar refractivity (Wildman–Crippen MR) is 115 cm³/mol. The van der Waals surface area contributed by atoms with Crippen LogP contribution in [0.3, 0.4) is 0 Å². The van der Waals surface area contributed by atoms with Gasteiger partial charge in [0.25, 0.3) is 5.91 Å². The summed E-state index contributed by atoms with van der Waals surface area (Å²) in [6.45, 7) is 5.10. The molecule has 1 atom stereocenters. The van der Waals surface area contributed by atoms with E-state index in [0.29, 0.717) is 10.7 Å². The van der Waals surface area contributed by atoms with Gasteiger partial charge in [0.05, 0.1) is 17.0 Å². The molecule has 154 valence electrons. The first kappa shape index (κ1) is 22.0. The summed E-state index contributed by atoms with van der Waals surface area (Å²) in [5.41, 5.74) is -0.565. The Kier molecular flexibility index (Phi) is 5.93. The second kappa shape index (κ2) is 7.83. The zero-order chi connectivity index (χ0) is 21.6. The molecule has 0 spiro atoms. The molecule has 1 heterocycles. The summed E-state index contributed by atoms with van der Waals surface area (Å²) in [5, 5.41) is 0.471. The molecule has 0 saturated carbocycles. The highest BCUT2D eigenvalue weighted by Gasteiger charge is 2.50. The summed E-state index contributed by atoms with van der Waals surface area (Å²) in [7, 11) is -4.04. The van der Waals surface area contributed by atoms with Crippen molar-refractivity contribution in [3.63, 3.8) is 0 Å². The topological polar surface area (TPSA) is 74.8 Å². The Morgan fingerprint density at radius 2 is 1.59 bits per heavy atom. The van der Waals surface area contributed by atoms with Crippen molar-refractivity contribution in [1.29, 1.82) is 0 Å². The number of rotatable bonds is 4. The van der Waals surface area contributed by atoms with Gasteiger partial charge in [0.1, 0.15) is 6.04 Å². The zero-order valence-corrected chi connectivity index (χ0v) is 19.3. The Morgan fingerprint density at radius 3 is 2.10 bits per heavy atom. The second-order valence-corrected chi connectivity index (χ2v) is 10.9. The van der Waals surface area contributed by atoms with Gasteiger partial charge in [0, 0.05) is 15.0 Å². The third-order valence-electron chi connectivity index (χ3n) is 4.52. The number of benzene rings is 2. The van der Waals surface area contributed by atoms with Crippen LogP contribution >= 0.6 is 27.5 Å². The van der Waals surface area contributed by atoms with Crippen molar-refractivity contribution in [2.75, 3.05) is 4.90 Å². The quantitative estimate of drug-likeness (QED) is 0.590. The molecule has 0 radical (unpaired) electrons. The summed E-state index contributed by atoms with van der Waals surface area (Å²) in [5.74, 6) is -1.03. The van der Waals surface area contributed by atoms with Crippen molar-refractivity contribution in [2.24, 2.45) is 0 Å². The van der Waals surface area contributed by atoms with Crippen LogP contribution in [0.1, 0.15) is 27.2 Å².